The molecular weight excluding hydrogens is 514 g/mol. The number of ether oxygens (including phenoxy) is 1. The van der Waals surface area contributed by atoms with E-state index >= 15 is 0 Å². The molecule has 2 aromatic heterocycles. The summed E-state index contributed by atoms with van der Waals surface area (Å²) in [6.45, 7) is 4.50. The van der Waals surface area contributed by atoms with E-state index in [1.54, 1.807) is 0 Å². The standard InChI is InChI=1S/C38H27N3O/c1-23(2)24-17-19-26(20-18-24)40-31-15-9-16-32-35(31)41-36-33(42-32)22-25-10-3-4-11-27(25)34(36)38(37(40)41)29-13-6-5-12-28(29)30-14-7-8-21-39(30)38/h3-23H,1-2H3/q+2. The van der Waals surface area contributed by atoms with Crippen LogP contribution in [0, 0.1) is 0 Å². The Morgan fingerprint density at radius 3 is 2.45 bits per heavy atom. The summed E-state index contributed by atoms with van der Waals surface area (Å²) in [5.41, 5.74) is 10.3. The molecule has 0 fully saturated rings. The molecule has 4 nitrogen and oxygen atoms in total. The van der Waals surface area contributed by atoms with Gasteiger partial charge in [0.2, 0.25) is 11.2 Å². The molecular formula is C38H27N3O+2. The van der Waals surface area contributed by atoms with Crippen LogP contribution in [0.2, 0.25) is 0 Å². The van der Waals surface area contributed by atoms with Crippen LogP contribution in [0.3, 0.4) is 0 Å². The number of rotatable bonds is 2. The Balaban J connectivity index is 1.49. The highest BCUT2D eigenvalue weighted by Crippen LogP contribution is 2.56. The van der Waals surface area contributed by atoms with Crippen molar-refractivity contribution in [2.24, 2.45) is 0 Å². The summed E-state index contributed by atoms with van der Waals surface area (Å²) >= 11 is 0. The van der Waals surface area contributed by atoms with Gasteiger partial charge in [-0.05, 0) is 64.7 Å². The predicted octanol–water partition coefficient (Wildman–Crippen LogP) is 7.71. The summed E-state index contributed by atoms with van der Waals surface area (Å²) in [5.74, 6) is 3.47. The number of benzene rings is 5. The van der Waals surface area contributed by atoms with Crippen molar-refractivity contribution in [2.75, 3.05) is 0 Å². The van der Waals surface area contributed by atoms with Crippen molar-refractivity contribution in [3.63, 3.8) is 0 Å². The number of fused-ring (bicyclic) bond motifs is 9. The Labute approximate surface area is 243 Å². The van der Waals surface area contributed by atoms with E-state index in [1.165, 1.54) is 44.5 Å². The van der Waals surface area contributed by atoms with Crippen molar-refractivity contribution in [3.8, 4) is 34.1 Å². The fourth-order valence-electron chi connectivity index (χ4n) is 7.93. The third kappa shape index (κ3) is 2.43. The first-order valence-electron chi connectivity index (χ1n) is 14.7. The molecule has 0 saturated heterocycles. The number of imidazole rings is 1. The number of hydrogen-bond acceptors (Lipinski definition) is 1. The first-order chi connectivity index (χ1) is 20.7. The van der Waals surface area contributed by atoms with Crippen molar-refractivity contribution in [1.82, 2.24) is 4.57 Å². The molecule has 0 bridgehead atoms. The monoisotopic (exact) mass is 541 g/mol. The first-order valence-corrected chi connectivity index (χ1v) is 14.7. The van der Waals surface area contributed by atoms with Gasteiger partial charge in [0, 0.05) is 12.1 Å². The Bertz CT molecular complexity index is 2260. The van der Waals surface area contributed by atoms with E-state index in [0.29, 0.717) is 5.92 Å². The predicted molar refractivity (Wildman–Crippen MR) is 164 cm³/mol. The fraction of sp³-hybridized carbons (Fsp3) is 0.105. The summed E-state index contributed by atoms with van der Waals surface area (Å²) in [6, 6.07) is 42.1. The second-order valence-corrected chi connectivity index (χ2v) is 12.0. The van der Waals surface area contributed by atoms with Crippen LogP contribution in [0.4, 0.5) is 0 Å². The highest BCUT2D eigenvalue weighted by Gasteiger charge is 2.69. The first kappa shape index (κ1) is 22.5. The van der Waals surface area contributed by atoms with Gasteiger partial charge in [0.1, 0.15) is 5.69 Å². The number of nitrogens with zero attached hydrogens (tertiary/aromatic N) is 3. The molecule has 1 spiro atoms. The minimum Gasteiger partial charge on any atom is -0.448 e. The van der Waals surface area contributed by atoms with E-state index in [4.69, 9.17) is 4.74 Å². The maximum Gasteiger partial charge on any atom is 0.352 e. The molecule has 10 rings (SSSR count). The zero-order valence-corrected chi connectivity index (χ0v) is 23.4. The Morgan fingerprint density at radius 1 is 0.762 bits per heavy atom. The van der Waals surface area contributed by atoms with Gasteiger partial charge in [-0.1, -0.05) is 74.5 Å². The van der Waals surface area contributed by atoms with Crippen LogP contribution in [0.25, 0.3) is 44.4 Å². The Morgan fingerprint density at radius 2 is 1.57 bits per heavy atom. The SMILES string of the molecule is CC(C)c1ccc(-n2c3[n+]4c5c(cccc52)Oc2cc5ccccc5c(c2-4)C32c3ccccc3-c3cccc[n+]32)cc1. The van der Waals surface area contributed by atoms with Gasteiger partial charge in [-0.3, -0.25) is 0 Å². The molecule has 3 aliphatic rings. The van der Waals surface area contributed by atoms with Gasteiger partial charge >= 0.3 is 11.4 Å². The Hall–Kier alpha value is -5.22. The Kier molecular flexibility index (Phi) is 4.03. The second-order valence-electron chi connectivity index (χ2n) is 12.0. The summed E-state index contributed by atoms with van der Waals surface area (Å²) in [7, 11) is 0. The van der Waals surface area contributed by atoms with Gasteiger partial charge in [-0.25, -0.2) is 0 Å². The normalized spacial score (nSPS) is 16.8. The van der Waals surface area contributed by atoms with Crippen LogP contribution in [0.1, 0.15) is 42.3 Å². The molecule has 0 aliphatic carbocycles. The fourth-order valence-corrected chi connectivity index (χ4v) is 7.93. The molecule has 0 amide bonds. The molecule has 5 heterocycles. The maximum atomic E-state index is 6.81. The van der Waals surface area contributed by atoms with Gasteiger partial charge in [-0.15, -0.1) is 0 Å². The van der Waals surface area contributed by atoms with Gasteiger partial charge in [0.25, 0.3) is 0 Å². The number of hydrogen-bond donors (Lipinski definition) is 0. The van der Waals surface area contributed by atoms with Crippen LogP contribution >= 0.6 is 0 Å². The maximum absolute atomic E-state index is 6.81. The number of pyridine rings is 1. The molecule has 1 unspecified atom stereocenters. The van der Waals surface area contributed by atoms with Crippen LogP contribution in [0.5, 0.6) is 11.5 Å². The van der Waals surface area contributed by atoms with Crippen molar-refractivity contribution in [3.05, 3.63) is 144 Å². The quantitative estimate of drug-likeness (QED) is 0.206. The van der Waals surface area contributed by atoms with Crippen molar-refractivity contribution >= 4 is 21.8 Å². The average Bonchev–Trinajstić information content (AvgIpc) is 3.64. The lowest BCUT2D eigenvalue weighted by atomic mass is 9.80. The third-order valence-corrected chi connectivity index (χ3v) is 9.61. The van der Waals surface area contributed by atoms with Gasteiger partial charge in [0.15, 0.2) is 28.9 Å². The van der Waals surface area contributed by atoms with Crippen LogP contribution < -0.4 is 13.9 Å². The largest absolute Gasteiger partial charge is 0.448 e. The zero-order chi connectivity index (χ0) is 27.7. The summed E-state index contributed by atoms with van der Waals surface area (Å²) in [5, 5.41) is 2.43. The zero-order valence-electron chi connectivity index (χ0n) is 23.4. The molecule has 1 atom stereocenters. The van der Waals surface area contributed by atoms with E-state index in [0.717, 1.165) is 33.9 Å². The van der Waals surface area contributed by atoms with E-state index in [2.05, 4.69) is 149 Å². The van der Waals surface area contributed by atoms with E-state index < -0.39 is 5.54 Å². The van der Waals surface area contributed by atoms with Gasteiger partial charge in [0.05, 0.1) is 16.7 Å². The van der Waals surface area contributed by atoms with Gasteiger partial charge < -0.3 is 4.74 Å². The van der Waals surface area contributed by atoms with Crippen LogP contribution in [0.15, 0.2) is 121 Å². The minimum atomic E-state index is -0.612. The number of aromatic nitrogens is 3. The molecule has 7 aromatic rings. The summed E-state index contributed by atoms with van der Waals surface area (Å²) < 4.78 is 14.3. The number of para-hydroxylation sites is 1. The molecule has 198 valence electrons. The highest BCUT2D eigenvalue weighted by molar-refractivity contribution is 5.96. The van der Waals surface area contributed by atoms with Gasteiger partial charge in [-0.2, -0.15) is 13.7 Å². The molecule has 0 saturated carbocycles. The highest BCUT2D eigenvalue weighted by atomic mass is 16.5. The lowest BCUT2D eigenvalue weighted by Gasteiger charge is -2.22. The molecule has 0 radical (unpaired) electrons. The lowest BCUT2D eigenvalue weighted by Crippen LogP contribution is -2.57. The van der Waals surface area contributed by atoms with Crippen molar-refractivity contribution in [1.29, 1.82) is 0 Å². The molecule has 4 heteroatoms. The topological polar surface area (TPSA) is 21.9 Å². The van der Waals surface area contributed by atoms with E-state index in [9.17, 15) is 0 Å². The minimum absolute atomic E-state index is 0.469. The average molecular weight is 542 g/mol. The van der Waals surface area contributed by atoms with Crippen LogP contribution in [-0.4, -0.2) is 4.57 Å². The molecule has 3 aliphatic heterocycles. The summed E-state index contributed by atoms with van der Waals surface area (Å²) in [4.78, 5) is 0. The van der Waals surface area contributed by atoms with Crippen LogP contribution in [-0.2, 0) is 5.54 Å². The van der Waals surface area contributed by atoms with Crippen molar-refractivity contribution < 1.29 is 13.9 Å². The third-order valence-electron chi connectivity index (χ3n) is 9.61. The smallest absolute Gasteiger partial charge is 0.352 e. The van der Waals surface area contributed by atoms with E-state index in [1.807, 2.05) is 0 Å². The lowest BCUT2D eigenvalue weighted by molar-refractivity contribution is -0.733. The molecule has 5 aromatic carbocycles. The van der Waals surface area contributed by atoms with E-state index in [-0.39, 0.29) is 0 Å². The molecule has 0 N–H and O–H groups in total. The summed E-state index contributed by atoms with van der Waals surface area (Å²) in [6.07, 6.45) is 2.26. The molecule has 42 heavy (non-hydrogen) atoms. The second kappa shape index (κ2) is 7.54. The van der Waals surface area contributed by atoms with Crippen molar-refractivity contribution in [2.45, 2.75) is 25.3 Å².